The average molecular weight is 543 g/mol. The van der Waals surface area contributed by atoms with Crippen molar-refractivity contribution >= 4 is 57.6 Å². The summed E-state index contributed by atoms with van der Waals surface area (Å²) in [6.07, 6.45) is -10.4. The number of hydrogen-bond donors (Lipinski definition) is 3. The van der Waals surface area contributed by atoms with Gasteiger partial charge in [0.2, 0.25) is 0 Å². The number of benzene rings is 1. The van der Waals surface area contributed by atoms with Crippen LogP contribution in [0.1, 0.15) is 16.0 Å². The molecule has 1 atom stereocenters. The lowest BCUT2D eigenvalue weighted by molar-refractivity contribution is -0.147. The molecule has 1 unspecified atom stereocenters. The first-order chi connectivity index (χ1) is 15.7. The lowest BCUT2D eigenvalue weighted by Crippen LogP contribution is -2.46. The molecule has 1 fully saturated rings. The third-order valence-electron chi connectivity index (χ3n) is 4.34. The van der Waals surface area contributed by atoms with E-state index >= 15 is 0 Å². The lowest BCUT2D eigenvalue weighted by Gasteiger charge is -2.16. The van der Waals surface area contributed by atoms with E-state index in [0.29, 0.717) is 17.0 Å². The van der Waals surface area contributed by atoms with Gasteiger partial charge in [-0.25, -0.2) is 15.2 Å². The standard InChI is InChI=1S/C19H12F6N2O4S3/c20-18(21,22)10-1-8(2-11(4-10)19(23,24)25)9-3-12(33-7-9)5-14-15(29)27(17(32)34-14)26-6-13(28)16(30)31/h1-5,7,13,26,28H,6H2,(H,30,31). The van der Waals surface area contributed by atoms with Gasteiger partial charge in [-0.05, 0) is 46.8 Å². The maximum atomic E-state index is 13.1. The maximum Gasteiger partial charge on any atom is 0.416 e. The Labute approximate surface area is 200 Å². The van der Waals surface area contributed by atoms with Gasteiger partial charge in [-0.3, -0.25) is 4.79 Å². The Morgan fingerprint density at radius 1 is 1.09 bits per heavy atom. The molecule has 34 heavy (non-hydrogen) atoms. The molecule has 15 heteroatoms. The highest BCUT2D eigenvalue weighted by Crippen LogP contribution is 2.40. The van der Waals surface area contributed by atoms with Gasteiger partial charge >= 0.3 is 18.3 Å². The van der Waals surface area contributed by atoms with E-state index in [-0.39, 0.29) is 26.4 Å². The fourth-order valence-electron chi connectivity index (χ4n) is 2.70. The molecule has 3 N–H and O–H groups in total. The molecule has 182 valence electrons. The zero-order valence-electron chi connectivity index (χ0n) is 16.4. The number of thiocarbonyl (C=S) groups is 1. The third-order valence-corrected chi connectivity index (χ3v) is 6.52. The zero-order chi connectivity index (χ0) is 25.4. The molecule has 1 aliphatic rings. The molecule has 1 aliphatic heterocycles. The summed E-state index contributed by atoms with van der Waals surface area (Å²) in [6, 6.07) is 2.58. The van der Waals surface area contributed by atoms with E-state index in [1.54, 1.807) is 0 Å². The van der Waals surface area contributed by atoms with E-state index in [1.165, 1.54) is 17.5 Å². The van der Waals surface area contributed by atoms with E-state index in [9.17, 15) is 41.0 Å². The van der Waals surface area contributed by atoms with Crippen molar-refractivity contribution in [1.82, 2.24) is 10.4 Å². The molecule has 1 aromatic heterocycles. The molecule has 0 saturated carbocycles. The molecule has 0 radical (unpaired) electrons. The second-order valence-electron chi connectivity index (χ2n) is 6.77. The number of thiophene rings is 1. The maximum absolute atomic E-state index is 13.1. The number of amides is 1. The van der Waals surface area contributed by atoms with E-state index in [1.807, 2.05) is 0 Å². The molecule has 2 aromatic rings. The van der Waals surface area contributed by atoms with Gasteiger partial charge in [0.15, 0.2) is 10.4 Å². The highest BCUT2D eigenvalue weighted by atomic mass is 32.2. The summed E-state index contributed by atoms with van der Waals surface area (Å²) in [5.41, 5.74) is -0.705. The van der Waals surface area contributed by atoms with E-state index in [4.69, 9.17) is 17.3 Å². The van der Waals surface area contributed by atoms with Crippen molar-refractivity contribution < 1.29 is 46.1 Å². The largest absolute Gasteiger partial charge is 0.479 e. The summed E-state index contributed by atoms with van der Waals surface area (Å²) in [7, 11) is 0. The van der Waals surface area contributed by atoms with Gasteiger partial charge in [0.25, 0.3) is 5.91 Å². The molecule has 6 nitrogen and oxygen atoms in total. The predicted molar refractivity (Wildman–Crippen MR) is 116 cm³/mol. The smallest absolute Gasteiger partial charge is 0.416 e. The second-order valence-corrected chi connectivity index (χ2v) is 9.38. The number of alkyl halides is 6. The normalized spacial score (nSPS) is 17.0. The van der Waals surface area contributed by atoms with Crippen molar-refractivity contribution in [1.29, 1.82) is 0 Å². The van der Waals surface area contributed by atoms with Gasteiger partial charge in [0, 0.05) is 4.88 Å². The Balaban J connectivity index is 1.87. The number of nitrogens with one attached hydrogen (secondary N) is 1. The predicted octanol–water partition coefficient (Wildman–Crippen LogP) is 4.60. The Hall–Kier alpha value is -2.46. The van der Waals surface area contributed by atoms with E-state index in [0.717, 1.165) is 28.1 Å². The first-order valence-electron chi connectivity index (χ1n) is 8.97. The number of halogens is 6. The SMILES string of the molecule is O=C(O)C(O)CNN1C(=O)C(=Cc2cc(-c3cc(C(F)(F)F)cc(C(F)(F)F)c3)cs2)SC1=S. The number of aliphatic hydroxyl groups excluding tert-OH is 1. The number of aliphatic hydroxyl groups is 1. The quantitative estimate of drug-likeness (QED) is 0.279. The summed E-state index contributed by atoms with van der Waals surface area (Å²) in [5.74, 6) is -2.18. The topological polar surface area (TPSA) is 89.9 Å². The second kappa shape index (κ2) is 9.65. The van der Waals surface area contributed by atoms with Gasteiger partial charge in [0.1, 0.15) is 0 Å². The number of carboxylic acids is 1. The third kappa shape index (κ3) is 5.96. The van der Waals surface area contributed by atoms with Crippen LogP contribution in [-0.4, -0.2) is 44.1 Å². The monoisotopic (exact) mass is 542 g/mol. The van der Waals surface area contributed by atoms with Gasteiger partial charge < -0.3 is 10.2 Å². The zero-order valence-corrected chi connectivity index (χ0v) is 18.8. The molecule has 0 spiro atoms. The van der Waals surface area contributed by atoms with Gasteiger partial charge in [-0.1, -0.05) is 24.0 Å². The van der Waals surface area contributed by atoms with Crippen molar-refractivity contribution in [3.8, 4) is 11.1 Å². The van der Waals surface area contributed by atoms with Crippen molar-refractivity contribution in [2.75, 3.05) is 6.54 Å². The number of carbonyl (C=O) groups excluding carboxylic acids is 1. The number of carboxylic acid groups (broad SMARTS) is 1. The van der Waals surface area contributed by atoms with Crippen LogP contribution in [0.5, 0.6) is 0 Å². The molecule has 0 aliphatic carbocycles. The molecule has 1 aromatic carbocycles. The van der Waals surface area contributed by atoms with Crippen molar-refractivity contribution in [2.24, 2.45) is 0 Å². The number of rotatable bonds is 6. The molecule has 3 rings (SSSR count). The molecular weight excluding hydrogens is 530 g/mol. The van der Waals surface area contributed by atoms with Gasteiger partial charge in [-0.15, -0.1) is 11.3 Å². The van der Waals surface area contributed by atoms with E-state index < -0.39 is 48.0 Å². The summed E-state index contributed by atoms with van der Waals surface area (Å²) in [6.45, 7) is -0.505. The van der Waals surface area contributed by atoms with Gasteiger partial charge in [-0.2, -0.15) is 26.3 Å². The van der Waals surface area contributed by atoms with Crippen LogP contribution in [0.2, 0.25) is 0 Å². The number of nitrogens with zero attached hydrogens (tertiary/aromatic N) is 1. The fraction of sp³-hybridized carbons (Fsp3) is 0.211. The summed E-state index contributed by atoms with van der Waals surface area (Å²) in [5, 5.41) is 20.2. The molecule has 2 heterocycles. The van der Waals surface area contributed by atoms with Crippen LogP contribution < -0.4 is 5.43 Å². The Kier molecular flexibility index (Phi) is 7.43. The van der Waals surface area contributed by atoms with Crippen LogP contribution in [0.15, 0.2) is 34.6 Å². The number of aliphatic carboxylic acids is 1. The summed E-state index contributed by atoms with van der Waals surface area (Å²) < 4.78 is 78.7. The Bertz CT molecular complexity index is 1140. The first kappa shape index (κ1) is 26.2. The highest BCUT2D eigenvalue weighted by Gasteiger charge is 2.37. The van der Waals surface area contributed by atoms with Crippen LogP contribution in [-0.2, 0) is 21.9 Å². The van der Waals surface area contributed by atoms with Crippen LogP contribution >= 0.6 is 35.3 Å². The summed E-state index contributed by atoms with van der Waals surface area (Å²) >= 11 is 6.85. The first-order valence-corrected chi connectivity index (χ1v) is 11.1. The Morgan fingerprint density at radius 2 is 1.68 bits per heavy atom. The van der Waals surface area contributed by atoms with Gasteiger partial charge in [0.05, 0.1) is 22.6 Å². The van der Waals surface area contributed by atoms with Crippen LogP contribution in [0.4, 0.5) is 26.3 Å². The number of thioether (sulfide) groups is 1. The van der Waals surface area contributed by atoms with Crippen molar-refractivity contribution in [3.05, 3.63) is 50.6 Å². The van der Waals surface area contributed by atoms with Crippen LogP contribution in [0, 0.1) is 0 Å². The molecule has 0 bridgehead atoms. The number of hydrogen-bond acceptors (Lipinski definition) is 7. The number of carbonyl (C=O) groups is 2. The van der Waals surface area contributed by atoms with Crippen LogP contribution in [0.25, 0.3) is 17.2 Å². The minimum absolute atomic E-state index is 0.0123. The molecular formula is C19H12F6N2O4S3. The van der Waals surface area contributed by atoms with Crippen molar-refractivity contribution in [2.45, 2.75) is 18.5 Å². The number of hydrazine groups is 1. The molecule has 1 saturated heterocycles. The minimum atomic E-state index is -4.98. The summed E-state index contributed by atoms with van der Waals surface area (Å²) in [4.78, 5) is 23.6. The molecule has 1 amide bonds. The average Bonchev–Trinajstić information content (AvgIpc) is 3.29. The highest BCUT2D eigenvalue weighted by molar-refractivity contribution is 8.26. The minimum Gasteiger partial charge on any atom is -0.479 e. The Morgan fingerprint density at radius 3 is 2.21 bits per heavy atom. The van der Waals surface area contributed by atoms with E-state index in [2.05, 4.69) is 5.43 Å². The fourth-order valence-corrected chi connectivity index (χ4v) is 4.83. The van der Waals surface area contributed by atoms with Crippen molar-refractivity contribution in [3.63, 3.8) is 0 Å². The van der Waals surface area contributed by atoms with Crippen LogP contribution in [0.3, 0.4) is 0 Å². The lowest BCUT2D eigenvalue weighted by atomic mass is 10.0.